The molecule has 2 nitrogen and oxygen atoms in total. The third kappa shape index (κ3) is 16.5. The molecule has 0 bridgehead atoms. The molecule has 136 valence electrons. The standard InChI is InChI=1S/C8H20N.C6H15OSi.3S.W/c1-5-9(6-2,7-3)8-4;1-6(2,3)8(4,5)7;;;;/h5-8H2,1-4H3;1-5H3;;;;/q+1;-1;3*-2;. The zero-order valence-corrected chi connectivity index (χ0v) is 21.7. The molecule has 0 amide bonds. The summed E-state index contributed by atoms with van der Waals surface area (Å²) in [5.41, 5.74) is 0. The molecule has 0 fully saturated rings. The van der Waals surface area contributed by atoms with Crippen LogP contribution in [-0.2, 0) is 61.6 Å². The van der Waals surface area contributed by atoms with Crippen LogP contribution in [0.2, 0.25) is 18.1 Å². The van der Waals surface area contributed by atoms with Gasteiger partial charge < -0.3 is 49.8 Å². The summed E-state index contributed by atoms with van der Waals surface area (Å²) in [6.07, 6.45) is 0. The Kier molecular flexibility index (Phi) is 30.6. The van der Waals surface area contributed by atoms with Gasteiger partial charge in [-0.15, -0.1) is 0 Å². The van der Waals surface area contributed by atoms with Crippen LogP contribution in [0.15, 0.2) is 0 Å². The van der Waals surface area contributed by atoms with Crippen molar-refractivity contribution in [3.63, 3.8) is 0 Å². The Balaban J connectivity index is -0.0000000452. The van der Waals surface area contributed by atoms with Gasteiger partial charge in [0.05, 0.1) is 26.2 Å². The first kappa shape index (κ1) is 38.4. The average Bonchev–Trinajstić information content (AvgIpc) is 2.20. The van der Waals surface area contributed by atoms with Crippen molar-refractivity contribution in [2.75, 3.05) is 26.2 Å². The largest absolute Gasteiger partial charge is 2.00 e. The van der Waals surface area contributed by atoms with Crippen molar-refractivity contribution in [2.45, 2.75) is 66.6 Å². The minimum Gasteiger partial charge on any atom is -2.00 e. The van der Waals surface area contributed by atoms with E-state index < -0.39 is 8.32 Å². The predicted molar refractivity (Wildman–Crippen MR) is 102 cm³/mol. The molecule has 0 rings (SSSR count). The molecule has 0 atom stereocenters. The van der Waals surface area contributed by atoms with Gasteiger partial charge in [0.15, 0.2) is 0 Å². The van der Waals surface area contributed by atoms with Crippen LogP contribution in [0, 0.1) is 0 Å². The number of quaternary nitrogens is 1. The van der Waals surface area contributed by atoms with Crippen molar-refractivity contribution < 1.29 is 30.3 Å². The Labute approximate surface area is 171 Å². The first-order valence-corrected chi connectivity index (χ1v) is 9.96. The summed E-state index contributed by atoms with van der Waals surface area (Å²) in [5, 5.41) is 0.0208. The normalized spacial score (nSPS) is 10.6. The van der Waals surface area contributed by atoms with Crippen molar-refractivity contribution in [3.8, 4) is 0 Å². The monoisotopic (exact) mass is 541 g/mol. The maximum Gasteiger partial charge on any atom is 0.0757 e. The molecule has 0 unspecified atom stereocenters. The second-order valence-corrected chi connectivity index (χ2v) is 10.9. The van der Waals surface area contributed by atoms with Gasteiger partial charge in [-0.25, -0.2) is 0 Å². The fourth-order valence-electron chi connectivity index (χ4n) is 1.34. The number of hydrogen-bond acceptors (Lipinski definition) is 1. The van der Waals surface area contributed by atoms with Crippen LogP contribution in [0.4, 0.5) is 0 Å². The van der Waals surface area contributed by atoms with Gasteiger partial charge in [0, 0.05) is 21.1 Å². The van der Waals surface area contributed by atoms with E-state index in [2.05, 4.69) is 27.7 Å². The molecule has 7 heteroatoms. The Bertz CT molecular complexity index is 176. The quantitative estimate of drug-likeness (QED) is 0.396. The van der Waals surface area contributed by atoms with Crippen molar-refractivity contribution in [2.24, 2.45) is 0 Å². The van der Waals surface area contributed by atoms with Crippen molar-refractivity contribution in [1.29, 1.82) is 0 Å². The predicted octanol–water partition coefficient (Wildman–Crippen LogP) is 3.23. The first-order valence-electron chi connectivity index (χ1n) is 7.05. The van der Waals surface area contributed by atoms with E-state index in [4.69, 9.17) is 0 Å². The molecule has 0 aromatic heterocycles. The van der Waals surface area contributed by atoms with E-state index in [-0.39, 0.29) is 66.6 Å². The van der Waals surface area contributed by atoms with Gasteiger partial charge in [0.25, 0.3) is 0 Å². The van der Waals surface area contributed by atoms with E-state index >= 15 is 0 Å². The molecule has 0 spiro atoms. The van der Waals surface area contributed by atoms with E-state index in [1.807, 2.05) is 33.9 Å². The summed E-state index contributed by atoms with van der Waals surface area (Å²) in [4.78, 5) is 11.3. The maximum absolute atomic E-state index is 11.3. The Morgan fingerprint density at radius 1 is 0.762 bits per heavy atom. The average molecular weight is 542 g/mol. The van der Waals surface area contributed by atoms with Crippen molar-refractivity contribution in [1.82, 2.24) is 0 Å². The number of nitrogens with zero attached hydrogens (tertiary/aromatic N) is 1. The Morgan fingerprint density at radius 3 is 0.905 bits per heavy atom. The van der Waals surface area contributed by atoms with Crippen molar-refractivity contribution >= 4 is 48.8 Å². The van der Waals surface area contributed by atoms with Gasteiger partial charge in [-0.1, -0.05) is 38.9 Å². The summed E-state index contributed by atoms with van der Waals surface area (Å²) in [6.45, 7) is 24.0. The SMILES string of the molecule is CC(C)(C)[Si](C)(C)[O-].CC[N+](CC)(CC)CC.[S-2].[S-2].[S-2].[W]. The number of hydrogen-bond donors (Lipinski definition) is 0. The minimum atomic E-state index is -2.11. The van der Waals surface area contributed by atoms with Crippen LogP contribution in [0.3, 0.4) is 0 Å². The molecular formula is C14H35NOS3SiW-6. The fraction of sp³-hybridized carbons (Fsp3) is 1.00. The molecule has 0 aromatic carbocycles. The fourth-order valence-corrected chi connectivity index (χ4v) is 1.34. The molecule has 0 heterocycles. The third-order valence-corrected chi connectivity index (χ3v) is 8.10. The van der Waals surface area contributed by atoms with Gasteiger partial charge >= 0.3 is 0 Å². The third-order valence-electron chi connectivity index (χ3n) is 4.49. The molecule has 21 heavy (non-hydrogen) atoms. The van der Waals surface area contributed by atoms with Gasteiger partial charge in [-0.3, -0.25) is 0 Å². The zero-order chi connectivity index (χ0) is 14.3. The van der Waals surface area contributed by atoms with Crippen LogP contribution < -0.4 is 4.80 Å². The van der Waals surface area contributed by atoms with Crippen LogP contribution in [0.1, 0.15) is 48.5 Å². The molecule has 0 aliphatic rings. The van der Waals surface area contributed by atoms with E-state index in [1.54, 1.807) is 0 Å². The van der Waals surface area contributed by atoms with E-state index in [0.717, 1.165) is 0 Å². The molecule has 0 N–H and O–H groups in total. The van der Waals surface area contributed by atoms with Crippen molar-refractivity contribution in [3.05, 3.63) is 0 Å². The summed E-state index contributed by atoms with van der Waals surface area (Å²) in [6, 6.07) is 0. The smallest absolute Gasteiger partial charge is 0.0757 e. The first-order chi connectivity index (χ1) is 7.49. The maximum atomic E-state index is 11.3. The van der Waals surface area contributed by atoms with Crippen LogP contribution in [-0.4, -0.2) is 39.0 Å². The van der Waals surface area contributed by atoms with Gasteiger partial charge in [-0.05, 0) is 36.0 Å². The molecule has 0 radical (unpaired) electrons. The molecule has 0 aliphatic carbocycles. The summed E-state index contributed by atoms with van der Waals surface area (Å²) < 4.78 is 1.28. The summed E-state index contributed by atoms with van der Waals surface area (Å²) in [5.74, 6) is 0. The van der Waals surface area contributed by atoms with E-state index in [9.17, 15) is 4.80 Å². The molecule has 0 saturated carbocycles. The summed E-state index contributed by atoms with van der Waals surface area (Å²) in [7, 11) is -2.11. The molecular weight excluding hydrogens is 506 g/mol. The minimum absolute atomic E-state index is 0. The Morgan fingerprint density at radius 2 is 0.905 bits per heavy atom. The van der Waals surface area contributed by atoms with Gasteiger partial charge in [0.1, 0.15) is 0 Å². The van der Waals surface area contributed by atoms with Crippen LogP contribution in [0.25, 0.3) is 0 Å². The molecule has 0 aromatic rings. The van der Waals surface area contributed by atoms with Gasteiger partial charge in [0.2, 0.25) is 0 Å². The Hall–Kier alpha value is 1.88. The molecule has 0 aliphatic heterocycles. The molecule has 0 saturated heterocycles. The summed E-state index contributed by atoms with van der Waals surface area (Å²) >= 11 is 0. The van der Waals surface area contributed by atoms with Gasteiger partial charge in [-0.2, -0.15) is 0 Å². The van der Waals surface area contributed by atoms with E-state index in [1.165, 1.54) is 30.7 Å². The second kappa shape index (κ2) is 16.7. The van der Waals surface area contributed by atoms with E-state index in [0.29, 0.717) is 0 Å². The van der Waals surface area contributed by atoms with Crippen LogP contribution in [0.5, 0.6) is 0 Å². The number of rotatable bonds is 4. The zero-order valence-electron chi connectivity index (χ0n) is 15.3. The topological polar surface area (TPSA) is 23.1 Å². The van der Waals surface area contributed by atoms with Crippen LogP contribution >= 0.6 is 0 Å². The second-order valence-electron chi connectivity index (χ2n) is 6.37.